The van der Waals surface area contributed by atoms with Crippen molar-refractivity contribution in [2.45, 2.75) is 52.2 Å². The first-order chi connectivity index (χ1) is 13.2. The molecule has 0 saturated heterocycles. The van der Waals surface area contributed by atoms with Gasteiger partial charge in [0, 0.05) is 12.1 Å². The minimum absolute atomic E-state index is 0.0953. The molecule has 0 atom stereocenters. The number of halogens is 2. The Morgan fingerprint density at radius 2 is 1.85 bits per heavy atom. The van der Waals surface area contributed by atoms with Gasteiger partial charge < -0.3 is 14.8 Å². The number of hydrogen-bond acceptors (Lipinski definition) is 3. The lowest BCUT2D eigenvalue weighted by atomic mass is 10.1. The molecule has 2 rings (SSSR count). The SMILES string of the molecule is CCCCCCCNCc1cc(Cl)c(OCc2ccccc2F)c(OC)c1. The minimum Gasteiger partial charge on any atom is -0.493 e. The molecule has 0 aliphatic carbocycles. The van der Waals surface area contributed by atoms with Crippen molar-refractivity contribution < 1.29 is 13.9 Å². The van der Waals surface area contributed by atoms with Crippen LogP contribution in [-0.2, 0) is 13.2 Å². The van der Waals surface area contributed by atoms with Gasteiger partial charge in [0.1, 0.15) is 12.4 Å². The molecule has 0 radical (unpaired) electrons. The van der Waals surface area contributed by atoms with Gasteiger partial charge in [0.15, 0.2) is 11.5 Å². The van der Waals surface area contributed by atoms with E-state index in [0.717, 1.165) is 18.7 Å². The summed E-state index contributed by atoms with van der Waals surface area (Å²) in [7, 11) is 1.58. The topological polar surface area (TPSA) is 30.5 Å². The summed E-state index contributed by atoms with van der Waals surface area (Å²) < 4.78 is 24.9. The molecular formula is C22H29ClFNO2. The summed E-state index contributed by atoms with van der Waals surface area (Å²) in [5, 5.41) is 3.90. The van der Waals surface area contributed by atoms with Crippen molar-refractivity contribution in [3.8, 4) is 11.5 Å². The van der Waals surface area contributed by atoms with Crippen LogP contribution in [0, 0.1) is 5.82 Å². The fourth-order valence-corrected chi connectivity index (χ4v) is 3.15. The Bertz CT molecular complexity index is 709. The van der Waals surface area contributed by atoms with Gasteiger partial charge in [0.05, 0.1) is 12.1 Å². The Labute approximate surface area is 166 Å². The molecule has 0 amide bonds. The van der Waals surface area contributed by atoms with Crippen LogP contribution in [0.5, 0.6) is 11.5 Å². The van der Waals surface area contributed by atoms with Crippen LogP contribution in [-0.4, -0.2) is 13.7 Å². The summed E-state index contributed by atoms with van der Waals surface area (Å²) in [6.45, 7) is 4.02. The monoisotopic (exact) mass is 393 g/mol. The first kappa shape index (κ1) is 21.5. The smallest absolute Gasteiger partial charge is 0.180 e. The lowest BCUT2D eigenvalue weighted by molar-refractivity contribution is 0.279. The van der Waals surface area contributed by atoms with Crippen LogP contribution in [0.4, 0.5) is 4.39 Å². The molecule has 0 aromatic heterocycles. The third-order valence-electron chi connectivity index (χ3n) is 4.41. The quantitative estimate of drug-likeness (QED) is 0.440. The average molecular weight is 394 g/mol. The molecule has 3 nitrogen and oxygen atoms in total. The predicted molar refractivity (Wildman–Crippen MR) is 109 cm³/mol. The molecular weight excluding hydrogens is 365 g/mol. The summed E-state index contributed by atoms with van der Waals surface area (Å²) >= 11 is 6.39. The molecule has 0 spiro atoms. The lowest BCUT2D eigenvalue weighted by Crippen LogP contribution is -2.14. The minimum atomic E-state index is -0.299. The highest BCUT2D eigenvalue weighted by Crippen LogP contribution is 2.37. The van der Waals surface area contributed by atoms with E-state index in [1.165, 1.54) is 38.2 Å². The Kier molecular flexibility index (Phi) is 9.43. The first-order valence-corrected chi connectivity index (χ1v) is 9.96. The fraction of sp³-hybridized carbons (Fsp3) is 0.455. The maximum absolute atomic E-state index is 13.8. The van der Waals surface area contributed by atoms with Crippen molar-refractivity contribution in [3.63, 3.8) is 0 Å². The average Bonchev–Trinajstić information content (AvgIpc) is 2.67. The molecule has 0 bridgehead atoms. The standard InChI is InChI=1S/C22H29ClFNO2/c1-3-4-5-6-9-12-25-15-17-13-19(23)22(21(14-17)26-2)27-16-18-10-7-8-11-20(18)24/h7-8,10-11,13-14,25H,3-6,9,12,15-16H2,1-2H3. The van der Waals surface area contributed by atoms with Crippen LogP contribution < -0.4 is 14.8 Å². The maximum Gasteiger partial charge on any atom is 0.180 e. The first-order valence-electron chi connectivity index (χ1n) is 9.59. The van der Waals surface area contributed by atoms with Crippen molar-refractivity contribution in [1.82, 2.24) is 5.32 Å². The second-order valence-corrected chi connectivity index (χ2v) is 6.99. The van der Waals surface area contributed by atoms with Crippen molar-refractivity contribution in [2.75, 3.05) is 13.7 Å². The molecule has 0 fully saturated rings. The van der Waals surface area contributed by atoms with Crippen molar-refractivity contribution >= 4 is 11.6 Å². The van der Waals surface area contributed by atoms with E-state index in [1.54, 1.807) is 25.3 Å². The van der Waals surface area contributed by atoms with Crippen LogP contribution in [0.25, 0.3) is 0 Å². The van der Waals surface area contributed by atoms with E-state index in [4.69, 9.17) is 21.1 Å². The molecule has 1 N–H and O–H groups in total. The third kappa shape index (κ3) is 7.04. The van der Waals surface area contributed by atoms with Gasteiger partial charge in [-0.2, -0.15) is 0 Å². The number of nitrogens with one attached hydrogen (secondary N) is 1. The second-order valence-electron chi connectivity index (χ2n) is 6.58. The molecule has 2 aromatic rings. The molecule has 0 saturated carbocycles. The normalized spacial score (nSPS) is 10.8. The van der Waals surface area contributed by atoms with E-state index in [9.17, 15) is 4.39 Å². The Morgan fingerprint density at radius 1 is 1.07 bits per heavy atom. The van der Waals surface area contributed by atoms with E-state index in [-0.39, 0.29) is 12.4 Å². The van der Waals surface area contributed by atoms with Gasteiger partial charge in [0.2, 0.25) is 0 Å². The molecule has 0 heterocycles. The van der Waals surface area contributed by atoms with Gasteiger partial charge in [-0.1, -0.05) is 62.4 Å². The van der Waals surface area contributed by atoms with E-state index in [1.807, 2.05) is 12.1 Å². The van der Waals surface area contributed by atoms with Crippen LogP contribution in [0.1, 0.15) is 50.2 Å². The molecule has 5 heteroatoms. The van der Waals surface area contributed by atoms with E-state index in [0.29, 0.717) is 22.1 Å². The molecule has 0 aliphatic heterocycles. The zero-order valence-corrected chi connectivity index (χ0v) is 16.9. The highest BCUT2D eigenvalue weighted by Gasteiger charge is 2.13. The summed E-state index contributed by atoms with van der Waals surface area (Å²) in [5.41, 5.74) is 1.51. The number of hydrogen-bond donors (Lipinski definition) is 1. The zero-order valence-electron chi connectivity index (χ0n) is 16.2. The van der Waals surface area contributed by atoms with E-state index in [2.05, 4.69) is 12.2 Å². The van der Waals surface area contributed by atoms with Gasteiger partial charge in [-0.15, -0.1) is 0 Å². The number of methoxy groups -OCH3 is 1. The molecule has 148 valence electrons. The summed E-state index contributed by atoms with van der Waals surface area (Å²) in [6.07, 6.45) is 6.30. The Morgan fingerprint density at radius 3 is 2.59 bits per heavy atom. The summed E-state index contributed by atoms with van der Waals surface area (Å²) in [4.78, 5) is 0. The molecule has 0 unspecified atom stereocenters. The van der Waals surface area contributed by atoms with E-state index < -0.39 is 0 Å². The van der Waals surface area contributed by atoms with Gasteiger partial charge >= 0.3 is 0 Å². The number of benzene rings is 2. The molecule has 0 aliphatic rings. The summed E-state index contributed by atoms with van der Waals surface area (Å²) in [6, 6.07) is 10.3. The Balaban J connectivity index is 1.91. The van der Waals surface area contributed by atoms with Crippen LogP contribution >= 0.6 is 11.6 Å². The second kappa shape index (κ2) is 11.8. The molecule has 2 aromatic carbocycles. The highest BCUT2D eigenvalue weighted by molar-refractivity contribution is 6.32. The largest absolute Gasteiger partial charge is 0.493 e. The predicted octanol–water partition coefficient (Wildman–Crippen LogP) is 6.13. The number of rotatable bonds is 12. The maximum atomic E-state index is 13.8. The van der Waals surface area contributed by atoms with Gasteiger partial charge in [-0.25, -0.2) is 4.39 Å². The molecule has 27 heavy (non-hydrogen) atoms. The van der Waals surface area contributed by atoms with Crippen molar-refractivity contribution in [1.29, 1.82) is 0 Å². The van der Waals surface area contributed by atoms with Gasteiger partial charge in [0.25, 0.3) is 0 Å². The highest BCUT2D eigenvalue weighted by atomic mass is 35.5. The zero-order chi connectivity index (χ0) is 19.5. The van der Waals surface area contributed by atoms with Crippen LogP contribution in [0.2, 0.25) is 5.02 Å². The lowest BCUT2D eigenvalue weighted by Gasteiger charge is -2.15. The van der Waals surface area contributed by atoms with Crippen LogP contribution in [0.3, 0.4) is 0 Å². The third-order valence-corrected chi connectivity index (χ3v) is 4.69. The van der Waals surface area contributed by atoms with Crippen LogP contribution in [0.15, 0.2) is 36.4 Å². The van der Waals surface area contributed by atoms with Crippen molar-refractivity contribution in [3.05, 3.63) is 58.4 Å². The Hall–Kier alpha value is -1.78. The van der Waals surface area contributed by atoms with E-state index >= 15 is 0 Å². The fourth-order valence-electron chi connectivity index (χ4n) is 2.87. The number of ether oxygens (including phenoxy) is 2. The van der Waals surface area contributed by atoms with Gasteiger partial charge in [-0.05, 0) is 36.7 Å². The van der Waals surface area contributed by atoms with Crippen molar-refractivity contribution in [2.24, 2.45) is 0 Å². The summed E-state index contributed by atoms with van der Waals surface area (Å²) in [5.74, 6) is 0.691. The van der Waals surface area contributed by atoms with Gasteiger partial charge in [-0.3, -0.25) is 0 Å². The number of unbranched alkanes of at least 4 members (excludes halogenated alkanes) is 4.